The maximum Gasteiger partial charge on any atom is 0.276 e. The van der Waals surface area contributed by atoms with E-state index in [1.165, 1.54) is 22.0 Å². The first-order chi connectivity index (χ1) is 17.6. The molecule has 0 aliphatic carbocycles. The summed E-state index contributed by atoms with van der Waals surface area (Å²) < 4.78 is 0. The lowest BCUT2D eigenvalue weighted by Crippen LogP contribution is -2.35. The molecule has 186 valence electrons. The van der Waals surface area contributed by atoms with Crippen LogP contribution in [0.15, 0.2) is 132 Å². The van der Waals surface area contributed by atoms with Crippen molar-refractivity contribution >= 4 is 63.8 Å². The highest BCUT2D eigenvalue weighted by Crippen LogP contribution is 2.55. The molecule has 37 heavy (non-hydrogen) atoms. The zero-order chi connectivity index (χ0) is 25.2. The number of hydrogen-bond donors (Lipinski definition) is 0. The second-order valence-corrected chi connectivity index (χ2v) is 11.7. The molecule has 0 unspecified atom stereocenters. The number of nitro benzene ring substituents is 1. The van der Waals surface area contributed by atoms with Crippen molar-refractivity contribution in [2.45, 2.75) is 6.92 Å². The molecule has 4 aromatic carbocycles. The number of allylic oxidation sites excluding steroid dienone is 1. The molecule has 0 radical (unpaired) electrons. The molecule has 0 N–H and O–H groups in total. The summed E-state index contributed by atoms with van der Waals surface area (Å²) in [6, 6.07) is 38.5. The molecule has 0 aromatic heterocycles. The molecular formula is C30H28BrN3O2P+. The van der Waals surface area contributed by atoms with Crippen LogP contribution in [0, 0.1) is 10.1 Å². The molecule has 0 saturated heterocycles. The summed E-state index contributed by atoms with van der Waals surface area (Å²) in [5.74, 6) is 0. The molecule has 4 aromatic rings. The standard InChI is InChI=1S/C30H27N3O2P.BrH/c1-25(32-31-23-13-15-26-14-11-12-22-30(26)33(34)35)24-36(27-16-5-2-6-17-27,28-18-7-3-8-19-28)29-20-9-4-10-21-29;/h2-23H,24H2,1H3;1H/q+1;/b15-13+,31-23+,32-25+;. The molecule has 0 bridgehead atoms. The van der Waals surface area contributed by atoms with E-state index in [4.69, 9.17) is 0 Å². The molecule has 0 heterocycles. The van der Waals surface area contributed by atoms with E-state index in [0.29, 0.717) is 5.56 Å². The van der Waals surface area contributed by atoms with Gasteiger partial charge in [0, 0.05) is 12.3 Å². The first kappa shape index (κ1) is 27.9. The van der Waals surface area contributed by atoms with E-state index >= 15 is 0 Å². The maximum absolute atomic E-state index is 11.2. The van der Waals surface area contributed by atoms with Crippen LogP contribution in [0.2, 0.25) is 0 Å². The SMILES string of the molecule is Br.C\C(C[P+](c1ccccc1)(c1ccccc1)c1ccccc1)=N/N=C/C=C/c1ccccc1[N+](=O)[O-]. The number of benzene rings is 4. The molecule has 5 nitrogen and oxygen atoms in total. The van der Waals surface area contributed by atoms with Crippen molar-refractivity contribution in [3.05, 3.63) is 137 Å². The maximum atomic E-state index is 11.2. The zero-order valence-electron chi connectivity index (χ0n) is 20.4. The minimum Gasteiger partial charge on any atom is -0.258 e. The van der Waals surface area contributed by atoms with Crippen molar-refractivity contribution in [2.24, 2.45) is 10.2 Å². The largest absolute Gasteiger partial charge is 0.276 e. The van der Waals surface area contributed by atoms with Crippen molar-refractivity contribution in [3.8, 4) is 0 Å². The topological polar surface area (TPSA) is 67.9 Å². The third kappa shape index (κ3) is 6.73. The van der Waals surface area contributed by atoms with Gasteiger partial charge < -0.3 is 0 Å². The van der Waals surface area contributed by atoms with Gasteiger partial charge in [0.1, 0.15) is 29.3 Å². The van der Waals surface area contributed by atoms with E-state index < -0.39 is 7.26 Å². The van der Waals surface area contributed by atoms with Gasteiger partial charge in [-0.2, -0.15) is 10.2 Å². The average molecular weight is 573 g/mol. The molecular weight excluding hydrogens is 545 g/mol. The third-order valence-electron chi connectivity index (χ3n) is 5.85. The molecule has 0 amide bonds. The van der Waals surface area contributed by atoms with Crippen LogP contribution in [-0.4, -0.2) is 23.0 Å². The number of nitro groups is 1. The monoisotopic (exact) mass is 572 g/mol. The predicted molar refractivity (Wildman–Crippen MR) is 164 cm³/mol. The number of halogens is 1. The fourth-order valence-electron chi connectivity index (χ4n) is 4.26. The quantitative estimate of drug-likeness (QED) is 0.0977. The van der Waals surface area contributed by atoms with E-state index in [9.17, 15) is 10.1 Å². The average Bonchev–Trinajstić information content (AvgIpc) is 2.93. The highest BCUT2D eigenvalue weighted by atomic mass is 79.9. The fourth-order valence-corrected chi connectivity index (χ4v) is 8.49. The molecule has 0 atom stereocenters. The van der Waals surface area contributed by atoms with Gasteiger partial charge in [-0.25, -0.2) is 0 Å². The number of nitrogens with zero attached hydrogens (tertiary/aromatic N) is 3. The molecule has 0 saturated carbocycles. The molecule has 0 spiro atoms. The summed E-state index contributed by atoms with van der Waals surface area (Å²) >= 11 is 0. The van der Waals surface area contributed by atoms with Crippen molar-refractivity contribution < 1.29 is 4.92 Å². The molecule has 0 aliphatic rings. The van der Waals surface area contributed by atoms with Gasteiger partial charge in [-0.1, -0.05) is 66.7 Å². The smallest absolute Gasteiger partial charge is 0.258 e. The normalized spacial score (nSPS) is 12.0. The molecule has 7 heteroatoms. The van der Waals surface area contributed by atoms with Crippen molar-refractivity contribution in [1.29, 1.82) is 0 Å². The van der Waals surface area contributed by atoms with Crippen LogP contribution in [0.4, 0.5) is 5.69 Å². The number of hydrogen-bond acceptors (Lipinski definition) is 4. The van der Waals surface area contributed by atoms with E-state index in [0.717, 1.165) is 11.9 Å². The minimum absolute atomic E-state index is 0. The third-order valence-corrected chi connectivity index (χ3v) is 10.3. The van der Waals surface area contributed by atoms with Gasteiger partial charge in [0.15, 0.2) is 0 Å². The summed E-state index contributed by atoms with van der Waals surface area (Å²) in [4.78, 5) is 10.8. The molecule has 0 fully saturated rings. The van der Waals surface area contributed by atoms with Gasteiger partial charge >= 0.3 is 0 Å². The zero-order valence-corrected chi connectivity index (χ0v) is 23.0. The Hall–Kier alpha value is -3.73. The Kier molecular flexibility index (Phi) is 10.2. The number of rotatable bonds is 9. The Morgan fingerprint density at radius 2 is 1.24 bits per heavy atom. The van der Waals surface area contributed by atoms with Gasteiger partial charge in [0.05, 0.1) is 16.2 Å². The van der Waals surface area contributed by atoms with Crippen LogP contribution in [0.3, 0.4) is 0 Å². The van der Waals surface area contributed by atoms with E-state index in [1.807, 2.05) is 25.1 Å². The lowest BCUT2D eigenvalue weighted by atomic mass is 10.2. The lowest BCUT2D eigenvalue weighted by molar-refractivity contribution is -0.385. The summed E-state index contributed by atoms with van der Waals surface area (Å²) in [5, 5.41) is 23.8. The predicted octanol–water partition coefficient (Wildman–Crippen LogP) is 6.63. The fraction of sp³-hybridized carbons (Fsp3) is 0.0667. The van der Waals surface area contributed by atoms with Crippen molar-refractivity contribution in [1.82, 2.24) is 0 Å². The van der Waals surface area contributed by atoms with Crippen LogP contribution < -0.4 is 15.9 Å². The molecule has 4 rings (SSSR count). The van der Waals surface area contributed by atoms with Crippen molar-refractivity contribution in [2.75, 3.05) is 6.16 Å². The first-order valence-corrected chi connectivity index (χ1v) is 13.6. The second-order valence-electron chi connectivity index (χ2n) is 8.25. The Bertz CT molecular complexity index is 1300. The van der Waals surface area contributed by atoms with Crippen molar-refractivity contribution in [3.63, 3.8) is 0 Å². The van der Waals surface area contributed by atoms with Gasteiger partial charge in [0.25, 0.3) is 5.69 Å². The highest BCUT2D eigenvalue weighted by Gasteiger charge is 2.45. The lowest BCUT2D eigenvalue weighted by Gasteiger charge is -2.27. The van der Waals surface area contributed by atoms with E-state index in [2.05, 4.69) is 83.0 Å². The van der Waals surface area contributed by atoms with E-state index in [1.54, 1.807) is 36.6 Å². The Morgan fingerprint density at radius 3 is 1.73 bits per heavy atom. The second kappa shape index (κ2) is 13.5. The van der Waals surface area contributed by atoms with Gasteiger partial charge in [-0.15, -0.1) is 17.0 Å². The van der Waals surface area contributed by atoms with Gasteiger partial charge in [0.2, 0.25) is 0 Å². The summed E-state index contributed by atoms with van der Waals surface area (Å²) in [5.41, 5.74) is 1.50. The Balaban J connectivity index is 0.00000380. The Labute approximate surface area is 228 Å². The van der Waals surface area contributed by atoms with Crippen LogP contribution >= 0.6 is 24.2 Å². The van der Waals surface area contributed by atoms with Gasteiger partial charge in [-0.3, -0.25) is 10.1 Å². The first-order valence-electron chi connectivity index (χ1n) is 11.6. The van der Waals surface area contributed by atoms with Crippen LogP contribution in [0.25, 0.3) is 6.08 Å². The summed E-state index contributed by atoms with van der Waals surface area (Å²) in [7, 11) is -2.03. The van der Waals surface area contributed by atoms with Crippen LogP contribution in [0.1, 0.15) is 12.5 Å². The number of para-hydroxylation sites is 1. The van der Waals surface area contributed by atoms with Crippen LogP contribution in [0.5, 0.6) is 0 Å². The summed E-state index contributed by atoms with van der Waals surface area (Å²) in [6.07, 6.45) is 5.65. The molecule has 0 aliphatic heterocycles. The minimum atomic E-state index is -2.03. The van der Waals surface area contributed by atoms with Crippen LogP contribution in [-0.2, 0) is 0 Å². The highest BCUT2D eigenvalue weighted by molar-refractivity contribution is 8.93. The van der Waals surface area contributed by atoms with Gasteiger partial charge in [-0.05, 0) is 61.5 Å². The van der Waals surface area contributed by atoms with E-state index in [-0.39, 0.29) is 27.6 Å². The Morgan fingerprint density at radius 1 is 0.784 bits per heavy atom. The summed E-state index contributed by atoms with van der Waals surface area (Å²) in [6.45, 7) is 2.01.